The molecule has 1 rings (SSSR count). The van der Waals surface area contributed by atoms with Gasteiger partial charge in [-0.05, 0) is 37.1 Å². The fourth-order valence-corrected chi connectivity index (χ4v) is 4.48. The number of carbonyl (C=O) groups is 1. The van der Waals surface area contributed by atoms with Crippen LogP contribution in [0, 0.1) is 0 Å². The highest BCUT2D eigenvalue weighted by molar-refractivity contribution is 7.92. The topological polar surface area (TPSA) is 72.5 Å². The third-order valence-corrected chi connectivity index (χ3v) is 6.48. The minimum Gasteiger partial charge on any atom is -0.427 e. The molecule has 0 aliphatic carbocycles. The van der Waals surface area contributed by atoms with Gasteiger partial charge < -0.3 is 4.74 Å². The minimum atomic E-state index is -3.35. The summed E-state index contributed by atoms with van der Waals surface area (Å²) in [5, 5.41) is 0. The Morgan fingerprint density at radius 1 is 0.767 bits per heavy atom. The summed E-state index contributed by atoms with van der Waals surface area (Å²) in [5.41, 5.74) is 0.494. The van der Waals surface area contributed by atoms with Crippen molar-refractivity contribution in [3.63, 3.8) is 0 Å². The maximum absolute atomic E-state index is 12.2. The summed E-state index contributed by atoms with van der Waals surface area (Å²) in [6, 6.07) is 6.52. The van der Waals surface area contributed by atoms with E-state index < -0.39 is 10.0 Å². The lowest BCUT2D eigenvalue weighted by Gasteiger charge is -2.09. The van der Waals surface area contributed by atoms with E-state index >= 15 is 0 Å². The van der Waals surface area contributed by atoms with Gasteiger partial charge in [-0.15, -0.1) is 0 Å². The lowest BCUT2D eigenvalue weighted by molar-refractivity contribution is -0.134. The molecule has 0 spiro atoms. The summed E-state index contributed by atoms with van der Waals surface area (Å²) in [5.74, 6) is 0.339. The van der Waals surface area contributed by atoms with Crippen LogP contribution in [0.3, 0.4) is 0 Å². The fraction of sp³-hybridized carbons (Fsp3) is 0.708. The van der Waals surface area contributed by atoms with Gasteiger partial charge in [0.1, 0.15) is 5.75 Å². The van der Waals surface area contributed by atoms with E-state index in [1.807, 2.05) is 0 Å². The lowest BCUT2D eigenvalue weighted by Crippen LogP contribution is -2.16. The summed E-state index contributed by atoms with van der Waals surface area (Å²) in [7, 11) is -3.35. The molecule has 0 aliphatic heterocycles. The summed E-state index contributed by atoms with van der Waals surface area (Å²) in [6.07, 6.45) is 14.8. The first kappa shape index (κ1) is 26.5. The molecular weight excluding hydrogens is 398 g/mol. The van der Waals surface area contributed by atoms with Gasteiger partial charge in [-0.2, -0.15) is 0 Å². The van der Waals surface area contributed by atoms with Crippen molar-refractivity contribution in [2.45, 2.75) is 104 Å². The van der Waals surface area contributed by atoms with Crippen LogP contribution in [0.2, 0.25) is 0 Å². The first-order chi connectivity index (χ1) is 14.5. The maximum atomic E-state index is 12.2. The van der Waals surface area contributed by atoms with Crippen molar-refractivity contribution in [2.75, 3.05) is 10.5 Å². The zero-order chi connectivity index (χ0) is 22.1. The van der Waals surface area contributed by atoms with Crippen LogP contribution in [0.1, 0.15) is 104 Å². The SMILES string of the molecule is CCCCCCCCCCS(=O)(=O)Nc1ccc(OC(=O)CCCCCCC)cc1. The van der Waals surface area contributed by atoms with E-state index in [4.69, 9.17) is 4.74 Å². The predicted octanol–water partition coefficient (Wildman–Crippen LogP) is 6.83. The largest absolute Gasteiger partial charge is 0.427 e. The first-order valence-corrected chi connectivity index (χ1v) is 13.4. The van der Waals surface area contributed by atoms with Crippen molar-refractivity contribution < 1.29 is 17.9 Å². The number of nitrogens with one attached hydrogen (secondary N) is 1. The standard InChI is InChI=1S/C24H41NO4S/c1-3-5-7-9-10-11-13-15-21-30(27,28)25-22-17-19-23(20-18-22)29-24(26)16-14-12-8-6-4-2/h17-20,25H,3-16,21H2,1-2H3. The van der Waals surface area contributed by atoms with Crippen LogP contribution in [0.25, 0.3) is 0 Å². The van der Waals surface area contributed by atoms with E-state index in [1.54, 1.807) is 24.3 Å². The smallest absolute Gasteiger partial charge is 0.311 e. The molecule has 1 N–H and O–H groups in total. The number of ether oxygens (including phenoxy) is 1. The molecule has 0 fully saturated rings. The van der Waals surface area contributed by atoms with Gasteiger partial charge in [-0.3, -0.25) is 9.52 Å². The van der Waals surface area contributed by atoms with Gasteiger partial charge in [0.15, 0.2) is 0 Å². The molecule has 30 heavy (non-hydrogen) atoms. The number of rotatable bonds is 18. The third-order valence-electron chi connectivity index (χ3n) is 5.11. The Morgan fingerprint density at radius 3 is 1.83 bits per heavy atom. The summed E-state index contributed by atoms with van der Waals surface area (Å²) < 4.78 is 32.4. The van der Waals surface area contributed by atoms with Gasteiger partial charge in [0.2, 0.25) is 10.0 Å². The molecule has 0 aliphatic rings. The highest BCUT2D eigenvalue weighted by Gasteiger charge is 2.11. The molecule has 6 heteroatoms. The molecule has 0 atom stereocenters. The molecule has 0 radical (unpaired) electrons. The Bertz CT molecular complexity index is 671. The van der Waals surface area contributed by atoms with Crippen LogP contribution in [0.4, 0.5) is 5.69 Å². The fourth-order valence-electron chi connectivity index (χ4n) is 3.30. The maximum Gasteiger partial charge on any atom is 0.311 e. The molecule has 0 unspecified atom stereocenters. The van der Waals surface area contributed by atoms with Crippen molar-refractivity contribution in [3.8, 4) is 5.75 Å². The lowest BCUT2D eigenvalue weighted by atomic mass is 10.1. The van der Waals surface area contributed by atoms with Crippen LogP contribution in [0.5, 0.6) is 5.75 Å². The average molecular weight is 440 g/mol. The Balaban J connectivity index is 2.26. The third kappa shape index (κ3) is 13.6. The molecular formula is C24H41NO4S. The van der Waals surface area contributed by atoms with Crippen LogP contribution < -0.4 is 9.46 Å². The summed E-state index contributed by atoms with van der Waals surface area (Å²) in [6.45, 7) is 4.36. The number of benzene rings is 1. The average Bonchev–Trinajstić information content (AvgIpc) is 2.71. The van der Waals surface area contributed by atoms with E-state index in [0.29, 0.717) is 24.3 Å². The molecule has 172 valence electrons. The molecule has 0 aromatic heterocycles. The van der Waals surface area contributed by atoms with Crippen LogP contribution >= 0.6 is 0 Å². The van der Waals surface area contributed by atoms with Crippen molar-refractivity contribution in [1.29, 1.82) is 0 Å². The van der Waals surface area contributed by atoms with Gasteiger partial charge in [0.05, 0.1) is 5.75 Å². The second kappa shape index (κ2) is 16.2. The van der Waals surface area contributed by atoms with Gasteiger partial charge in [-0.25, -0.2) is 8.42 Å². The number of sulfonamides is 1. The molecule has 0 saturated carbocycles. The number of esters is 1. The van der Waals surface area contributed by atoms with E-state index in [0.717, 1.165) is 32.1 Å². The van der Waals surface area contributed by atoms with Crippen molar-refractivity contribution in [2.24, 2.45) is 0 Å². The van der Waals surface area contributed by atoms with Crippen LogP contribution in [-0.2, 0) is 14.8 Å². The molecule has 0 heterocycles. The minimum absolute atomic E-state index is 0.136. The van der Waals surface area contributed by atoms with Gasteiger partial charge in [-0.1, -0.05) is 84.5 Å². The zero-order valence-corrected chi connectivity index (χ0v) is 19.8. The Kier molecular flexibility index (Phi) is 14.3. The molecule has 0 bridgehead atoms. The second-order valence-electron chi connectivity index (χ2n) is 8.06. The number of carbonyl (C=O) groups excluding carboxylic acids is 1. The molecule has 1 aromatic carbocycles. The normalized spacial score (nSPS) is 11.4. The monoisotopic (exact) mass is 439 g/mol. The van der Waals surface area contributed by atoms with Crippen LogP contribution in [-0.4, -0.2) is 20.1 Å². The number of hydrogen-bond donors (Lipinski definition) is 1. The molecule has 5 nitrogen and oxygen atoms in total. The van der Waals surface area contributed by atoms with Crippen molar-refractivity contribution >= 4 is 21.7 Å². The van der Waals surface area contributed by atoms with E-state index in [9.17, 15) is 13.2 Å². The summed E-state index contributed by atoms with van der Waals surface area (Å²) >= 11 is 0. The van der Waals surface area contributed by atoms with Gasteiger partial charge in [0.25, 0.3) is 0 Å². The second-order valence-corrected chi connectivity index (χ2v) is 9.90. The van der Waals surface area contributed by atoms with E-state index in [-0.39, 0.29) is 11.7 Å². The highest BCUT2D eigenvalue weighted by atomic mass is 32.2. The van der Waals surface area contributed by atoms with Crippen molar-refractivity contribution in [1.82, 2.24) is 0 Å². The van der Waals surface area contributed by atoms with Crippen molar-refractivity contribution in [3.05, 3.63) is 24.3 Å². The predicted molar refractivity (Wildman–Crippen MR) is 125 cm³/mol. The zero-order valence-electron chi connectivity index (χ0n) is 19.0. The molecule has 1 aromatic rings. The van der Waals surface area contributed by atoms with Gasteiger partial charge in [0, 0.05) is 12.1 Å². The molecule has 0 amide bonds. The van der Waals surface area contributed by atoms with E-state index in [2.05, 4.69) is 18.6 Å². The van der Waals surface area contributed by atoms with E-state index in [1.165, 1.54) is 44.9 Å². The first-order valence-electron chi connectivity index (χ1n) is 11.8. The summed E-state index contributed by atoms with van der Waals surface area (Å²) in [4.78, 5) is 11.9. The molecule has 0 saturated heterocycles. The number of hydrogen-bond acceptors (Lipinski definition) is 4. The quantitative estimate of drug-likeness (QED) is 0.154. The Hall–Kier alpha value is -1.56. The Labute approximate surface area is 184 Å². The number of anilines is 1. The Morgan fingerprint density at radius 2 is 1.27 bits per heavy atom. The highest BCUT2D eigenvalue weighted by Crippen LogP contribution is 2.18. The number of unbranched alkanes of at least 4 members (excludes halogenated alkanes) is 11. The van der Waals surface area contributed by atoms with Gasteiger partial charge >= 0.3 is 5.97 Å². The van der Waals surface area contributed by atoms with Crippen LogP contribution in [0.15, 0.2) is 24.3 Å².